The molecule has 1 unspecified atom stereocenters. The lowest BCUT2D eigenvalue weighted by atomic mass is 10.1. The van der Waals surface area contributed by atoms with E-state index in [-0.39, 0.29) is 36.2 Å². The number of hydrogen-bond acceptors (Lipinski definition) is 14. The Balaban J connectivity index is 1.20. The van der Waals surface area contributed by atoms with E-state index < -0.39 is 52.2 Å². The Morgan fingerprint density at radius 2 is 1.90 bits per heavy atom. The summed E-state index contributed by atoms with van der Waals surface area (Å²) in [5.74, 6) is -0.366. The summed E-state index contributed by atoms with van der Waals surface area (Å²) >= 11 is 0. The van der Waals surface area contributed by atoms with Crippen molar-refractivity contribution in [3.8, 4) is 0 Å². The number of phosphoric ester groups is 2. The number of aromatic nitrogens is 7. The first-order valence-corrected chi connectivity index (χ1v) is 15.5. The summed E-state index contributed by atoms with van der Waals surface area (Å²) < 4.78 is 47.1. The molecular formula is C20H29N9O10P2. The van der Waals surface area contributed by atoms with Crippen LogP contribution in [0, 0.1) is 5.92 Å². The number of anilines is 2. The SMILES string of the molecule is CN(c1ncncn1)[C@@H]1C[C@H](COP(=O)(O)O)[C@@H](OP(=O)(O)OC[C@@H]2CC[C@H](n3cnc4c(=O)[nH]c(N)nc43)O2)C1. The third-order valence-corrected chi connectivity index (χ3v) is 8.44. The molecular weight excluding hydrogens is 588 g/mol. The van der Waals surface area contributed by atoms with Gasteiger partial charge < -0.3 is 30.1 Å². The molecule has 6 atom stereocenters. The Kier molecular flexibility index (Phi) is 8.52. The topological polar surface area (TPSA) is 263 Å². The molecule has 2 aliphatic rings. The van der Waals surface area contributed by atoms with Crippen LogP contribution in [0.2, 0.25) is 0 Å². The minimum atomic E-state index is -4.79. The number of fused-ring (bicyclic) bond motifs is 1. The fourth-order valence-electron chi connectivity index (χ4n) is 5.00. The molecule has 3 aromatic heterocycles. The van der Waals surface area contributed by atoms with Crippen LogP contribution in [0.4, 0.5) is 11.9 Å². The standard InChI is InChI=1S/C20H29N9O10P2/c1-28(20-23-8-22-9-24-20)12-4-11(6-36-40(31,32)33)14(5-12)39-41(34,35)37-7-13-2-3-15(38-13)29-10-25-16-17(29)26-19(21)27-18(16)30/h8-15H,2-7H2,1H3,(H,34,35)(H2,31,32,33)(H3,21,26,27,30)/t11-,12-,13+,14+,15-/m1/s1. The molecule has 19 nitrogen and oxygen atoms in total. The number of nitrogens with one attached hydrogen (secondary N) is 1. The van der Waals surface area contributed by atoms with Gasteiger partial charge in [0.2, 0.25) is 11.9 Å². The van der Waals surface area contributed by atoms with E-state index in [1.54, 1.807) is 16.5 Å². The first-order valence-electron chi connectivity index (χ1n) is 12.5. The number of rotatable bonds is 11. The van der Waals surface area contributed by atoms with Gasteiger partial charge in [0.05, 0.1) is 31.7 Å². The van der Waals surface area contributed by atoms with Crippen LogP contribution in [0.15, 0.2) is 23.8 Å². The monoisotopic (exact) mass is 617 g/mol. The molecule has 1 aliphatic heterocycles. The Morgan fingerprint density at radius 3 is 2.63 bits per heavy atom. The van der Waals surface area contributed by atoms with E-state index in [0.29, 0.717) is 25.2 Å². The van der Waals surface area contributed by atoms with E-state index in [4.69, 9.17) is 29.3 Å². The third kappa shape index (κ3) is 7.14. The van der Waals surface area contributed by atoms with Crippen molar-refractivity contribution in [1.82, 2.24) is 34.5 Å². The summed E-state index contributed by atoms with van der Waals surface area (Å²) in [5.41, 5.74) is 5.51. The van der Waals surface area contributed by atoms with E-state index in [0.717, 1.165) is 0 Å². The van der Waals surface area contributed by atoms with Crippen molar-refractivity contribution in [3.05, 3.63) is 29.3 Å². The molecule has 1 aliphatic carbocycles. The fraction of sp³-hybridized carbons (Fsp3) is 0.600. The Morgan fingerprint density at radius 1 is 1.15 bits per heavy atom. The third-order valence-electron chi connectivity index (χ3n) is 6.94. The van der Waals surface area contributed by atoms with Gasteiger partial charge in [-0.3, -0.25) is 27.9 Å². The lowest BCUT2D eigenvalue weighted by Gasteiger charge is -2.24. The zero-order valence-corrected chi connectivity index (χ0v) is 23.5. The van der Waals surface area contributed by atoms with Crippen molar-refractivity contribution in [2.75, 3.05) is 30.9 Å². The second kappa shape index (κ2) is 11.8. The maximum Gasteiger partial charge on any atom is 0.472 e. The second-order valence-electron chi connectivity index (χ2n) is 9.69. The van der Waals surface area contributed by atoms with E-state index >= 15 is 0 Å². The van der Waals surface area contributed by atoms with Crippen molar-refractivity contribution >= 4 is 38.7 Å². The highest BCUT2D eigenvalue weighted by atomic mass is 31.2. The number of H-pyrrole nitrogens is 1. The van der Waals surface area contributed by atoms with E-state index in [1.165, 1.54) is 19.0 Å². The molecule has 0 aromatic carbocycles. The molecule has 0 bridgehead atoms. The molecule has 0 amide bonds. The minimum Gasteiger partial charge on any atom is -0.369 e. The molecule has 224 valence electrons. The first kappa shape index (κ1) is 29.6. The molecule has 0 spiro atoms. The number of phosphoric acid groups is 2. The van der Waals surface area contributed by atoms with E-state index in [2.05, 4.69) is 34.4 Å². The van der Waals surface area contributed by atoms with Crippen LogP contribution >= 0.6 is 15.6 Å². The van der Waals surface area contributed by atoms with Gasteiger partial charge >= 0.3 is 15.6 Å². The van der Waals surface area contributed by atoms with Crippen molar-refractivity contribution in [2.24, 2.45) is 5.92 Å². The number of nitrogens with zero attached hydrogens (tertiary/aromatic N) is 7. The van der Waals surface area contributed by atoms with Crippen molar-refractivity contribution in [1.29, 1.82) is 0 Å². The van der Waals surface area contributed by atoms with Crippen LogP contribution in [-0.4, -0.2) is 87.7 Å². The highest BCUT2D eigenvalue weighted by Crippen LogP contribution is 2.50. The molecule has 6 N–H and O–H groups in total. The van der Waals surface area contributed by atoms with Crippen LogP contribution in [0.25, 0.3) is 11.2 Å². The van der Waals surface area contributed by atoms with Crippen molar-refractivity contribution in [2.45, 2.75) is 50.2 Å². The summed E-state index contributed by atoms with van der Waals surface area (Å²) in [4.78, 5) is 65.1. The first-order chi connectivity index (χ1) is 19.4. The van der Waals surface area contributed by atoms with Crippen molar-refractivity contribution < 1.29 is 42.1 Å². The predicted molar refractivity (Wildman–Crippen MR) is 139 cm³/mol. The van der Waals surface area contributed by atoms with Crippen molar-refractivity contribution in [3.63, 3.8) is 0 Å². The smallest absolute Gasteiger partial charge is 0.369 e. The zero-order valence-electron chi connectivity index (χ0n) is 21.7. The molecule has 1 saturated carbocycles. The van der Waals surface area contributed by atoms with Gasteiger partial charge in [-0.2, -0.15) is 4.98 Å². The summed E-state index contributed by atoms with van der Waals surface area (Å²) in [6.07, 6.45) is 3.44. The number of aromatic amines is 1. The normalized spacial score (nSPS) is 26.4. The van der Waals surface area contributed by atoms with Gasteiger partial charge in [-0.15, -0.1) is 0 Å². The Labute approximate surface area is 231 Å². The molecule has 5 rings (SSSR count). The zero-order chi connectivity index (χ0) is 29.4. The number of imidazole rings is 1. The van der Waals surface area contributed by atoms with Crippen LogP contribution in [-0.2, 0) is 27.4 Å². The minimum absolute atomic E-state index is 0.0707. The van der Waals surface area contributed by atoms with Gasteiger partial charge in [-0.25, -0.2) is 29.1 Å². The maximum atomic E-state index is 12.9. The van der Waals surface area contributed by atoms with Crippen LogP contribution < -0.4 is 16.2 Å². The highest BCUT2D eigenvalue weighted by Gasteiger charge is 2.43. The molecule has 21 heteroatoms. The van der Waals surface area contributed by atoms with E-state index in [1.807, 2.05) is 0 Å². The number of nitrogens with two attached hydrogens (primary N) is 1. The predicted octanol–water partition coefficient (Wildman–Crippen LogP) is 0.0909. The summed E-state index contributed by atoms with van der Waals surface area (Å²) in [6.45, 7) is -0.693. The average Bonchev–Trinajstić information content (AvgIpc) is 3.64. The average molecular weight is 617 g/mol. The Hall–Kier alpha value is -2.86. The summed E-state index contributed by atoms with van der Waals surface area (Å²) in [7, 11) is -7.71. The summed E-state index contributed by atoms with van der Waals surface area (Å²) in [6, 6.07) is -0.299. The van der Waals surface area contributed by atoms with Crippen LogP contribution in [0.1, 0.15) is 31.9 Å². The number of nitrogen functional groups attached to an aromatic ring is 1. The number of ether oxygens (including phenoxy) is 1. The quantitative estimate of drug-likeness (QED) is 0.178. The van der Waals surface area contributed by atoms with Gasteiger partial charge in [-0.05, 0) is 25.7 Å². The molecule has 0 radical (unpaired) electrons. The number of hydrogen-bond donors (Lipinski definition) is 5. The van der Waals surface area contributed by atoms with E-state index in [9.17, 15) is 18.8 Å². The summed E-state index contributed by atoms with van der Waals surface area (Å²) in [5, 5.41) is 0. The largest absolute Gasteiger partial charge is 0.472 e. The van der Waals surface area contributed by atoms with Gasteiger partial charge in [0.1, 0.15) is 18.9 Å². The molecule has 3 aromatic rings. The molecule has 1 saturated heterocycles. The second-order valence-corrected chi connectivity index (χ2v) is 12.3. The molecule has 2 fully saturated rings. The van der Waals surface area contributed by atoms with Gasteiger partial charge in [0, 0.05) is 19.0 Å². The Bertz CT molecular complexity index is 1520. The molecule has 4 heterocycles. The van der Waals surface area contributed by atoms with Gasteiger partial charge in [-0.1, -0.05) is 0 Å². The fourth-order valence-corrected chi connectivity index (χ4v) is 6.40. The molecule has 41 heavy (non-hydrogen) atoms. The highest BCUT2D eigenvalue weighted by molar-refractivity contribution is 7.47. The lowest BCUT2D eigenvalue weighted by molar-refractivity contribution is -0.0261. The van der Waals surface area contributed by atoms with Gasteiger partial charge in [0.15, 0.2) is 11.2 Å². The van der Waals surface area contributed by atoms with Gasteiger partial charge in [0.25, 0.3) is 5.56 Å². The maximum absolute atomic E-state index is 12.9. The van der Waals surface area contributed by atoms with Crippen LogP contribution in [0.3, 0.4) is 0 Å². The lowest BCUT2D eigenvalue weighted by Crippen LogP contribution is -2.31. The van der Waals surface area contributed by atoms with Crippen LogP contribution in [0.5, 0.6) is 0 Å².